The van der Waals surface area contributed by atoms with E-state index < -0.39 is 0 Å². The first-order valence-corrected chi connectivity index (χ1v) is 8.64. The van der Waals surface area contributed by atoms with E-state index in [1.807, 2.05) is 19.4 Å². The molecule has 1 saturated carbocycles. The van der Waals surface area contributed by atoms with Gasteiger partial charge >= 0.3 is 0 Å². The van der Waals surface area contributed by atoms with Crippen molar-refractivity contribution in [1.29, 1.82) is 0 Å². The fourth-order valence-corrected chi connectivity index (χ4v) is 3.21. The van der Waals surface area contributed by atoms with Crippen molar-refractivity contribution in [2.24, 2.45) is 10.9 Å². The van der Waals surface area contributed by atoms with Gasteiger partial charge in [-0.05, 0) is 38.5 Å². The molecule has 0 amide bonds. The molecule has 0 aliphatic heterocycles. The summed E-state index contributed by atoms with van der Waals surface area (Å²) in [6, 6.07) is 0.587. The molecule has 22 heavy (non-hydrogen) atoms. The number of nitrogens with zero attached hydrogens (tertiary/aromatic N) is 3. The van der Waals surface area contributed by atoms with Gasteiger partial charge in [0.2, 0.25) is 0 Å². The van der Waals surface area contributed by atoms with Crippen LogP contribution >= 0.6 is 0 Å². The predicted octanol–water partition coefficient (Wildman–Crippen LogP) is 2.72. The van der Waals surface area contributed by atoms with Crippen molar-refractivity contribution in [2.75, 3.05) is 13.6 Å². The highest BCUT2D eigenvalue weighted by Crippen LogP contribution is 2.23. The molecule has 5 heteroatoms. The second-order valence-corrected chi connectivity index (χ2v) is 6.49. The summed E-state index contributed by atoms with van der Waals surface area (Å²) in [6.07, 6.45) is 11.4. The Morgan fingerprint density at radius 3 is 2.95 bits per heavy atom. The summed E-state index contributed by atoms with van der Waals surface area (Å²) in [7, 11) is 1.86. The van der Waals surface area contributed by atoms with Gasteiger partial charge in [0.1, 0.15) is 5.82 Å². The van der Waals surface area contributed by atoms with E-state index in [1.54, 1.807) is 0 Å². The molecule has 0 spiro atoms. The van der Waals surface area contributed by atoms with Crippen molar-refractivity contribution in [1.82, 2.24) is 20.2 Å². The molecule has 1 aliphatic carbocycles. The molecular formula is C17H31N5. The Balaban J connectivity index is 1.61. The minimum atomic E-state index is 0.587. The highest BCUT2D eigenvalue weighted by Gasteiger charge is 2.19. The van der Waals surface area contributed by atoms with E-state index in [2.05, 4.69) is 39.0 Å². The zero-order valence-corrected chi connectivity index (χ0v) is 14.3. The van der Waals surface area contributed by atoms with Crippen LogP contribution in [-0.2, 0) is 6.54 Å². The molecule has 1 fully saturated rings. The van der Waals surface area contributed by atoms with Gasteiger partial charge in [-0.25, -0.2) is 4.98 Å². The van der Waals surface area contributed by atoms with Crippen LogP contribution in [0.2, 0.25) is 0 Å². The number of rotatable bonds is 6. The average Bonchev–Trinajstić information content (AvgIpc) is 2.91. The normalized spacial score (nSPS) is 22.6. The van der Waals surface area contributed by atoms with Crippen LogP contribution in [0.5, 0.6) is 0 Å². The van der Waals surface area contributed by atoms with E-state index in [0.29, 0.717) is 6.04 Å². The van der Waals surface area contributed by atoms with Crippen molar-refractivity contribution >= 4 is 5.96 Å². The third-order valence-electron chi connectivity index (χ3n) is 4.54. The molecule has 0 radical (unpaired) electrons. The van der Waals surface area contributed by atoms with Gasteiger partial charge < -0.3 is 15.2 Å². The molecule has 124 valence electrons. The van der Waals surface area contributed by atoms with E-state index in [-0.39, 0.29) is 0 Å². The standard InChI is InChI=1S/C17H31N5/c1-14-7-6-8-16(13-14)21-17(18-3)20-9-4-5-11-22-12-10-19-15(22)2/h10,12,14,16H,4-9,11,13H2,1-3H3,(H2,18,20,21). The monoisotopic (exact) mass is 305 g/mol. The molecule has 0 bridgehead atoms. The summed E-state index contributed by atoms with van der Waals surface area (Å²) in [5, 5.41) is 7.01. The first kappa shape index (κ1) is 16.8. The number of imidazole rings is 1. The van der Waals surface area contributed by atoms with Crippen LogP contribution in [0, 0.1) is 12.8 Å². The topological polar surface area (TPSA) is 54.2 Å². The van der Waals surface area contributed by atoms with Crippen LogP contribution in [0.1, 0.15) is 51.3 Å². The van der Waals surface area contributed by atoms with Crippen molar-refractivity contribution in [3.8, 4) is 0 Å². The van der Waals surface area contributed by atoms with Gasteiger partial charge in [0.25, 0.3) is 0 Å². The Bertz CT molecular complexity index is 465. The zero-order chi connectivity index (χ0) is 15.8. The number of aliphatic imine (C=N–C) groups is 1. The molecule has 1 aromatic rings. The van der Waals surface area contributed by atoms with Crippen LogP contribution < -0.4 is 10.6 Å². The Labute approximate surface area is 134 Å². The third kappa shape index (κ3) is 5.35. The lowest BCUT2D eigenvalue weighted by Crippen LogP contribution is -2.45. The van der Waals surface area contributed by atoms with Gasteiger partial charge in [0.05, 0.1) is 0 Å². The molecule has 5 nitrogen and oxygen atoms in total. The summed E-state index contributed by atoms with van der Waals surface area (Å²) in [5.74, 6) is 2.89. The minimum absolute atomic E-state index is 0.587. The largest absolute Gasteiger partial charge is 0.356 e. The first-order valence-electron chi connectivity index (χ1n) is 8.64. The Kier molecular flexibility index (Phi) is 6.74. The smallest absolute Gasteiger partial charge is 0.191 e. The van der Waals surface area contributed by atoms with E-state index in [1.165, 1.54) is 25.7 Å². The van der Waals surface area contributed by atoms with Gasteiger partial charge in [-0.3, -0.25) is 4.99 Å². The fourth-order valence-electron chi connectivity index (χ4n) is 3.21. The van der Waals surface area contributed by atoms with Crippen molar-refractivity contribution in [3.05, 3.63) is 18.2 Å². The van der Waals surface area contributed by atoms with Crippen molar-refractivity contribution in [2.45, 2.75) is 65.0 Å². The highest BCUT2D eigenvalue weighted by atomic mass is 15.2. The molecule has 1 aliphatic rings. The maximum absolute atomic E-state index is 4.35. The first-order chi connectivity index (χ1) is 10.7. The van der Waals surface area contributed by atoms with E-state index in [9.17, 15) is 0 Å². The van der Waals surface area contributed by atoms with Crippen LogP contribution in [0.4, 0.5) is 0 Å². The molecule has 0 aromatic carbocycles. The summed E-state index contributed by atoms with van der Waals surface area (Å²) in [4.78, 5) is 8.59. The second kappa shape index (κ2) is 8.81. The molecule has 2 N–H and O–H groups in total. The number of nitrogens with one attached hydrogen (secondary N) is 2. The summed E-state index contributed by atoms with van der Waals surface area (Å²) >= 11 is 0. The second-order valence-electron chi connectivity index (χ2n) is 6.49. The summed E-state index contributed by atoms with van der Waals surface area (Å²) < 4.78 is 2.20. The van der Waals surface area contributed by atoms with Crippen LogP contribution in [0.25, 0.3) is 0 Å². The lowest BCUT2D eigenvalue weighted by atomic mass is 9.87. The van der Waals surface area contributed by atoms with Gasteiger partial charge in [-0.1, -0.05) is 19.8 Å². The number of guanidine groups is 1. The Hall–Kier alpha value is -1.52. The summed E-state index contributed by atoms with van der Waals surface area (Å²) in [5.41, 5.74) is 0. The zero-order valence-electron chi connectivity index (χ0n) is 14.3. The molecule has 0 saturated heterocycles. The van der Waals surface area contributed by atoms with Crippen LogP contribution in [0.3, 0.4) is 0 Å². The fraction of sp³-hybridized carbons (Fsp3) is 0.765. The van der Waals surface area contributed by atoms with Gasteiger partial charge in [0.15, 0.2) is 5.96 Å². The van der Waals surface area contributed by atoms with Gasteiger partial charge in [-0.15, -0.1) is 0 Å². The van der Waals surface area contributed by atoms with E-state index in [0.717, 1.165) is 43.6 Å². The van der Waals surface area contributed by atoms with Crippen LogP contribution in [0.15, 0.2) is 17.4 Å². The van der Waals surface area contributed by atoms with E-state index >= 15 is 0 Å². The number of hydrogen-bond donors (Lipinski definition) is 2. The van der Waals surface area contributed by atoms with E-state index in [4.69, 9.17) is 0 Å². The Morgan fingerprint density at radius 1 is 1.41 bits per heavy atom. The van der Waals surface area contributed by atoms with Gasteiger partial charge in [-0.2, -0.15) is 0 Å². The molecule has 2 atom stereocenters. The molecule has 1 aromatic heterocycles. The lowest BCUT2D eigenvalue weighted by molar-refractivity contribution is 0.324. The highest BCUT2D eigenvalue weighted by molar-refractivity contribution is 5.79. The third-order valence-corrected chi connectivity index (χ3v) is 4.54. The summed E-state index contributed by atoms with van der Waals surface area (Å²) in [6.45, 7) is 6.41. The van der Waals surface area contributed by atoms with Gasteiger partial charge in [0, 0.05) is 38.6 Å². The number of unbranched alkanes of at least 4 members (excludes halogenated alkanes) is 1. The minimum Gasteiger partial charge on any atom is -0.356 e. The molecule has 2 rings (SSSR count). The average molecular weight is 305 g/mol. The number of aromatic nitrogens is 2. The SMILES string of the molecule is CN=C(NCCCCn1ccnc1C)NC1CCCC(C)C1. The molecule has 1 heterocycles. The number of aryl methyl sites for hydroxylation is 2. The van der Waals surface area contributed by atoms with Crippen molar-refractivity contribution < 1.29 is 0 Å². The predicted molar refractivity (Wildman–Crippen MR) is 92.1 cm³/mol. The Morgan fingerprint density at radius 2 is 2.27 bits per heavy atom. The lowest BCUT2D eigenvalue weighted by Gasteiger charge is -2.28. The molecular weight excluding hydrogens is 274 g/mol. The maximum Gasteiger partial charge on any atom is 0.191 e. The van der Waals surface area contributed by atoms with Crippen molar-refractivity contribution in [3.63, 3.8) is 0 Å². The quantitative estimate of drug-likeness (QED) is 0.483. The molecule has 2 unspecified atom stereocenters. The maximum atomic E-state index is 4.35. The number of hydrogen-bond acceptors (Lipinski definition) is 2. The van der Waals surface area contributed by atoms with Crippen LogP contribution in [-0.4, -0.2) is 35.1 Å².